The van der Waals surface area contributed by atoms with Gasteiger partial charge in [-0.15, -0.1) is 0 Å². The summed E-state index contributed by atoms with van der Waals surface area (Å²) in [6.45, 7) is 7.41. The van der Waals surface area contributed by atoms with E-state index in [1.807, 2.05) is 13.8 Å². The van der Waals surface area contributed by atoms with Gasteiger partial charge in [-0.2, -0.15) is 0 Å². The second kappa shape index (κ2) is 6.98. The fraction of sp³-hybridized carbons (Fsp3) is 0.929. The molecule has 1 aliphatic carbocycles. The maximum absolute atomic E-state index is 8.71. The van der Waals surface area contributed by atoms with Crippen molar-refractivity contribution in [3.63, 3.8) is 0 Å². The van der Waals surface area contributed by atoms with Gasteiger partial charge in [0.05, 0.1) is 0 Å². The summed E-state index contributed by atoms with van der Waals surface area (Å²) in [6.07, 6.45) is 7.37. The Hall–Kier alpha value is -0.770. The van der Waals surface area contributed by atoms with Crippen LogP contribution in [-0.2, 0) is 0 Å². The Kier molecular flexibility index (Phi) is 5.93. The molecule has 0 bridgehead atoms. The van der Waals surface area contributed by atoms with Crippen LogP contribution in [0.15, 0.2) is 5.16 Å². The number of amidine groups is 1. The summed E-state index contributed by atoms with van der Waals surface area (Å²) in [4.78, 5) is 0. The lowest BCUT2D eigenvalue weighted by Crippen LogP contribution is -2.36. The molecule has 0 aromatic heterocycles. The van der Waals surface area contributed by atoms with Crippen LogP contribution in [0.25, 0.3) is 0 Å². The summed E-state index contributed by atoms with van der Waals surface area (Å²) >= 11 is 0. The van der Waals surface area contributed by atoms with Crippen LogP contribution in [0.1, 0.15) is 59.3 Å². The highest BCUT2D eigenvalue weighted by molar-refractivity contribution is 5.85. The highest BCUT2D eigenvalue weighted by Gasteiger charge is 2.23. The second-order valence-electron chi connectivity index (χ2n) is 6.40. The van der Waals surface area contributed by atoms with Gasteiger partial charge in [0, 0.05) is 11.5 Å². The van der Waals surface area contributed by atoms with E-state index in [4.69, 9.17) is 10.9 Å². The van der Waals surface area contributed by atoms with Gasteiger partial charge in [0.25, 0.3) is 0 Å². The van der Waals surface area contributed by atoms with Crippen LogP contribution in [-0.4, -0.2) is 23.6 Å². The summed E-state index contributed by atoms with van der Waals surface area (Å²) in [7, 11) is 0. The van der Waals surface area contributed by atoms with Gasteiger partial charge >= 0.3 is 0 Å². The van der Waals surface area contributed by atoms with E-state index in [9.17, 15) is 0 Å². The van der Waals surface area contributed by atoms with E-state index < -0.39 is 0 Å². The van der Waals surface area contributed by atoms with Gasteiger partial charge in [0.15, 0.2) is 0 Å². The molecule has 0 heterocycles. The molecule has 106 valence electrons. The smallest absolute Gasteiger partial charge is 0.144 e. The first-order valence-electron chi connectivity index (χ1n) is 7.17. The minimum atomic E-state index is -0.212. The zero-order chi connectivity index (χ0) is 13.6. The summed E-state index contributed by atoms with van der Waals surface area (Å²) in [5.74, 6) is 1.19. The number of nitrogens with zero attached hydrogens (tertiary/aromatic N) is 1. The third-order valence-electron chi connectivity index (χ3n) is 4.15. The summed E-state index contributed by atoms with van der Waals surface area (Å²) in [5, 5.41) is 15.5. The van der Waals surface area contributed by atoms with Crippen LogP contribution in [0.2, 0.25) is 0 Å². The fourth-order valence-corrected chi connectivity index (χ4v) is 2.72. The van der Waals surface area contributed by atoms with Crippen molar-refractivity contribution in [2.45, 2.75) is 65.3 Å². The van der Waals surface area contributed by atoms with E-state index in [-0.39, 0.29) is 5.41 Å². The average Bonchev–Trinajstić information content (AvgIpc) is 2.33. The fourth-order valence-electron chi connectivity index (χ4n) is 2.72. The maximum Gasteiger partial charge on any atom is 0.144 e. The van der Waals surface area contributed by atoms with E-state index in [0.717, 1.165) is 25.3 Å². The summed E-state index contributed by atoms with van der Waals surface area (Å²) < 4.78 is 0. The Morgan fingerprint density at radius 2 is 2.17 bits per heavy atom. The third-order valence-corrected chi connectivity index (χ3v) is 4.15. The number of hydrogen-bond donors (Lipinski definition) is 3. The highest BCUT2D eigenvalue weighted by atomic mass is 16.4. The van der Waals surface area contributed by atoms with Gasteiger partial charge in [-0.1, -0.05) is 38.8 Å². The monoisotopic (exact) mass is 255 g/mol. The minimum Gasteiger partial charge on any atom is -0.409 e. The Morgan fingerprint density at radius 1 is 1.44 bits per heavy atom. The van der Waals surface area contributed by atoms with E-state index in [1.54, 1.807) is 0 Å². The molecule has 0 radical (unpaired) electrons. The van der Waals surface area contributed by atoms with Crippen molar-refractivity contribution < 1.29 is 5.21 Å². The van der Waals surface area contributed by atoms with Crippen LogP contribution in [0.3, 0.4) is 0 Å². The molecule has 4 nitrogen and oxygen atoms in total. The van der Waals surface area contributed by atoms with Gasteiger partial charge in [-0.05, 0) is 38.1 Å². The van der Waals surface area contributed by atoms with E-state index >= 15 is 0 Å². The van der Waals surface area contributed by atoms with E-state index in [2.05, 4.69) is 17.4 Å². The normalized spacial score (nSPS) is 26.3. The van der Waals surface area contributed by atoms with Crippen molar-refractivity contribution in [2.24, 2.45) is 22.2 Å². The van der Waals surface area contributed by atoms with Crippen molar-refractivity contribution in [3.05, 3.63) is 0 Å². The first-order chi connectivity index (χ1) is 8.45. The first kappa shape index (κ1) is 15.3. The third kappa shape index (κ3) is 4.84. The standard InChI is InChI=1S/C14H29N3O/c1-11-6-4-7-12(10-11)16-9-5-8-14(2,3)13(15)17-18/h11-12,16,18H,4-10H2,1-3H3,(H2,15,17). The molecule has 1 fully saturated rings. The molecule has 0 amide bonds. The zero-order valence-corrected chi connectivity index (χ0v) is 12.1. The highest BCUT2D eigenvalue weighted by Crippen LogP contribution is 2.24. The number of nitrogens with one attached hydrogen (secondary N) is 1. The van der Waals surface area contributed by atoms with Crippen LogP contribution in [0.5, 0.6) is 0 Å². The quantitative estimate of drug-likeness (QED) is 0.225. The molecule has 18 heavy (non-hydrogen) atoms. The van der Waals surface area contributed by atoms with Crippen LogP contribution < -0.4 is 11.1 Å². The topological polar surface area (TPSA) is 70.6 Å². The molecule has 0 aromatic rings. The average molecular weight is 255 g/mol. The molecule has 4 heteroatoms. The zero-order valence-electron chi connectivity index (χ0n) is 12.1. The lowest BCUT2D eigenvalue weighted by Gasteiger charge is -2.28. The SMILES string of the molecule is CC1CCCC(NCCCC(C)(C)C(N)=NO)C1. The Bertz CT molecular complexity index is 276. The molecule has 0 saturated heterocycles. The second-order valence-corrected chi connectivity index (χ2v) is 6.40. The predicted molar refractivity (Wildman–Crippen MR) is 75.8 cm³/mol. The molecule has 1 saturated carbocycles. The molecular formula is C14H29N3O. The number of nitrogens with two attached hydrogens (primary N) is 1. The number of oxime groups is 1. The van der Waals surface area contributed by atoms with Gasteiger partial charge in [0.1, 0.15) is 5.84 Å². The largest absolute Gasteiger partial charge is 0.409 e. The van der Waals surface area contributed by atoms with Crippen molar-refractivity contribution in [1.29, 1.82) is 0 Å². The van der Waals surface area contributed by atoms with Gasteiger partial charge in [-0.3, -0.25) is 0 Å². The Morgan fingerprint density at radius 3 is 2.78 bits per heavy atom. The lowest BCUT2D eigenvalue weighted by atomic mass is 9.85. The predicted octanol–water partition coefficient (Wildman–Crippen LogP) is 2.71. The van der Waals surface area contributed by atoms with E-state index in [0.29, 0.717) is 11.9 Å². The molecular weight excluding hydrogens is 226 g/mol. The van der Waals surface area contributed by atoms with Crippen LogP contribution >= 0.6 is 0 Å². The number of rotatable bonds is 6. The lowest BCUT2D eigenvalue weighted by molar-refractivity contribution is 0.292. The minimum absolute atomic E-state index is 0.212. The number of hydrogen-bond acceptors (Lipinski definition) is 3. The molecule has 4 N–H and O–H groups in total. The molecule has 2 unspecified atom stereocenters. The van der Waals surface area contributed by atoms with Gasteiger partial charge in [0.2, 0.25) is 0 Å². The van der Waals surface area contributed by atoms with Crippen LogP contribution in [0.4, 0.5) is 0 Å². The summed E-state index contributed by atoms with van der Waals surface area (Å²) in [5.41, 5.74) is 5.46. The van der Waals surface area contributed by atoms with Crippen molar-refractivity contribution in [3.8, 4) is 0 Å². The molecule has 0 aliphatic heterocycles. The Balaban J connectivity index is 2.18. The van der Waals surface area contributed by atoms with Crippen LogP contribution in [0, 0.1) is 11.3 Å². The Labute approximate surface area is 111 Å². The molecule has 0 spiro atoms. The van der Waals surface area contributed by atoms with Gasteiger partial charge in [-0.25, -0.2) is 0 Å². The summed E-state index contributed by atoms with van der Waals surface area (Å²) in [6, 6.07) is 0.695. The maximum atomic E-state index is 8.71. The van der Waals surface area contributed by atoms with Crippen molar-refractivity contribution in [1.82, 2.24) is 5.32 Å². The van der Waals surface area contributed by atoms with Gasteiger partial charge < -0.3 is 16.3 Å². The molecule has 1 rings (SSSR count). The molecule has 1 aliphatic rings. The van der Waals surface area contributed by atoms with E-state index in [1.165, 1.54) is 25.7 Å². The first-order valence-corrected chi connectivity index (χ1v) is 7.17. The molecule has 0 aromatic carbocycles. The van der Waals surface area contributed by atoms with Crippen molar-refractivity contribution >= 4 is 5.84 Å². The molecule has 2 atom stereocenters. The van der Waals surface area contributed by atoms with Crippen molar-refractivity contribution in [2.75, 3.05) is 6.54 Å².